The molecule has 0 bridgehead atoms. The summed E-state index contributed by atoms with van der Waals surface area (Å²) >= 11 is 6.04. The number of amides is 1. The number of aromatic nitrogens is 2. The highest BCUT2D eigenvalue weighted by Crippen LogP contribution is 2.24. The van der Waals surface area contributed by atoms with Crippen molar-refractivity contribution in [3.63, 3.8) is 0 Å². The zero-order chi connectivity index (χ0) is 17.1. The van der Waals surface area contributed by atoms with E-state index in [1.54, 1.807) is 35.0 Å². The van der Waals surface area contributed by atoms with Crippen LogP contribution in [-0.4, -0.2) is 20.8 Å². The van der Waals surface area contributed by atoms with Crippen LogP contribution in [0.2, 0.25) is 5.02 Å². The molecule has 0 aliphatic carbocycles. The molecule has 3 rings (SSSR count). The third-order valence-electron chi connectivity index (χ3n) is 3.65. The lowest BCUT2D eigenvalue weighted by atomic mass is 10.1. The van der Waals surface area contributed by atoms with Crippen molar-refractivity contribution in [1.82, 2.24) is 9.78 Å². The van der Waals surface area contributed by atoms with E-state index in [2.05, 4.69) is 10.4 Å². The molecule has 1 heterocycles. The van der Waals surface area contributed by atoms with E-state index in [1.807, 2.05) is 19.1 Å². The van der Waals surface area contributed by atoms with E-state index in [0.29, 0.717) is 22.7 Å². The van der Waals surface area contributed by atoms with Crippen molar-refractivity contribution < 1.29 is 9.90 Å². The van der Waals surface area contributed by atoms with Gasteiger partial charge in [-0.1, -0.05) is 36.7 Å². The Kier molecular flexibility index (Phi) is 4.53. The van der Waals surface area contributed by atoms with E-state index >= 15 is 0 Å². The number of anilines is 1. The Morgan fingerprint density at radius 1 is 1.25 bits per heavy atom. The molecule has 0 spiro atoms. The Labute approximate surface area is 144 Å². The number of halogens is 1. The SMILES string of the molecule is CCc1c(C(=O)Nc2ccccc2O)cnn1-c1cccc(Cl)c1. The zero-order valence-corrected chi connectivity index (χ0v) is 13.8. The molecular weight excluding hydrogens is 326 g/mol. The van der Waals surface area contributed by atoms with Gasteiger partial charge in [0, 0.05) is 5.02 Å². The third-order valence-corrected chi connectivity index (χ3v) is 3.89. The number of hydrogen-bond donors (Lipinski definition) is 2. The third kappa shape index (κ3) is 3.12. The maximum absolute atomic E-state index is 12.6. The predicted molar refractivity (Wildman–Crippen MR) is 94.0 cm³/mol. The van der Waals surface area contributed by atoms with Crippen LogP contribution in [-0.2, 0) is 6.42 Å². The standard InChI is InChI=1S/C18H16ClN3O2/c1-2-16-14(18(24)21-15-8-3-4-9-17(15)23)11-20-22(16)13-7-5-6-12(19)10-13/h3-11,23H,2H2,1H3,(H,21,24). The van der Waals surface area contributed by atoms with Crippen molar-refractivity contribution >= 4 is 23.2 Å². The van der Waals surface area contributed by atoms with E-state index in [9.17, 15) is 9.90 Å². The number of nitrogens with zero attached hydrogens (tertiary/aromatic N) is 2. The molecule has 6 heteroatoms. The average molecular weight is 342 g/mol. The van der Waals surface area contributed by atoms with Gasteiger partial charge in [0.2, 0.25) is 0 Å². The highest BCUT2D eigenvalue weighted by Gasteiger charge is 2.18. The number of aromatic hydroxyl groups is 1. The van der Waals surface area contributed by atoms with Crippen molar-refractivity contribution in [2.24, 2.45) is 0 Å². The zero-order valence-electron chi connectivity index (χ0n) is 13.0. The molecule has 0 radical (unpaired) electrons. The fourth-order valence-corrected chi connectivity index (χ4v) is 2.69. The first-order valence-electron chi connectivity index (χ1n) is 7.52. The van der Waals surface area contributed by atoms with Crippen molar-refractivity contribution in [1.29, 1.82) is 0 Å². The molecule has 0 saturated heterocycles. The number of carbonyl (C=O) groups excluding carboxylic acids is 1. The van der Waals surface area contributed by atoms with E-state index in [0.717, 1.165) is 11.4 Å². The topological polar surface area (TPSA) is 67.2 Å². The highest BCUT2D eigenvalue weighted by atomic mass is 35.5. The molecule has 0 atom stereocenters. The maximum Gasteiger partial charge on any atom is 0.259 e. The molecule has 0 aliphatic heterocycles. The monoisotopic (exact) mass is 341 g/mol. The number of nitrogens with one attached hydrogen (secondary N) is 1. The Morgan fingerprint density at radius 3 is 2.75 bits per heavy atom. The van der Waals surface area contributed by atoms with E-state index in [1.165, 1.54) is 12.3 Å². The number of hydrogen-bond acceptors (Lipinski definition) is 3. The van der Waals surface area contributed by atoms with Crippen LogP contribution in [0.4, 0.5) is 5.69 Å². The van der Waals surface area contributed by atoms with Crippen LogP contribution in [0, 0.1) is 0 Å². The van der Waals surface area contributed by atoms with Gasteiger partial charge >= 0.3 is 0 Å². The second kappa shape index (κ2) is 6.76. The summed E-state index contributed by atoms with van der Waals surface area (Å²) in [7, 11) is 0. The predicted octanol–water partition coefficient (Wildman–Crippen LogP) is 4.05. The molecule has 0 aliphatic rings. The first kappa shape index (κ1) is 16.1. The molecule has 5 nitrogen and oxygen atoms in total. The van der Waals surface area contributed by atoms with Gasteiger partial charge in [-0.2, -0.15) is 5.10 Å². The fraction of sp³-hybridized carbons (Fsp3) is 0.111. The van der Waals surface area contributed by atoms with Gasteiger partial charge < -0.3 is 10.4 Å². The normalized spacial score (nSPS) is 10.6. The molecule has 0 fully saturated rings. The second-order valence-electron chi connectivity index (χ2n) is 5.22. The Balaban J connectivity index is 1.95. The summed E-state index contributed by atoms with van der Waals surface area (Å²) < 4.78 is 1.70. The summed E-state index contributed by atoms with van der Waals surface area (Å²) in [5.41, 5.74) is 2.38. The summed E-state index contributed by atoms with van der Waals surface area (Å²) in [5.74, 6) is -0.298. The van der Waals surface area contributed by atoms with Crippen LogP contribution in [0.1, 0.15) is 23.0 Å². The van der Waals surface area contributed by atoms with E-state index < -0.39 is 0 Å². The summed E-state index contributed by atoms with van der Waals surface area (Å²) in [6.07, 6.45) is 2.14. The Morgan fingerprint density at radius 2 is 2.04 bits per heavy atom. The minimum absolute atomic E-state index is 0.0196. The maximum atomic E-state index is 12.6. The highest BCUT2D eigenvalue weighted by molar-refractivity contribution is 6.30. The van der Waals surface area contributed by atoms with Crippen LogP contribution < -0.4 is 5.32 Å². The molecule has 1 amide bonds. The largest absolute Gasteiger partial charge is 0.506 e. The second-order valence-corrected chi connectivity index (χ2v) is 5.66. The molecule has 1 aromatic heterocycles. The average Bonchev–Trinajstić information content (AvgIpc) is 3.01. The van der Waals surface area contributed by atoms with Crippen LogP contribution in [0.5, 0.6) is 5.75 Å². The lowest BCUT2D eigenvalue weighted by Gasteiger charge is -2.09. The van der Waals surface area contributed by atoms with Gasteiger partial charge in [-0.15, -0.1) is 0 Å². The molecule has 2 N–H and O–H groups in total. The molecule has 0 unspecified atom stereocenters. The van der Waals surface area contributed by atoms with Gasteiger partial charge in [0.15, 0.2) is 0 Å². The molecular formula is C18H16ClN3O2. The number of para-hydroxylation sites is 2. The van der Waals surface area contributed by atoms with Crippen molar-refractivity contribution in [2.75, 3.05) is 5.32 Å². The van der Waals surface area contributed by atoms with Crippen LogP contribution in [0.25, 0.3) is 5.69 Å². The van der Waals surface area contributed by atoms with Gasteiger partial charge in [-0.05, 0) is 36.8 Å². The minimum Gasteiger partial charge on any atom is -0.506 e. The number of phenols is 1. The first-order valence-corrected chi connectivity index (χ1v) is 7.90. The van der Waals surface area contributed by atoms with Crippen LogP contribution in [0.3, 0.4) is 0 Å². The van der Waals surface area contributed by atoms with Gasteiger partial charge in [0.05, 0.1) is 28.8 Å². The fourth-order valence-electron chi connectivity index (χ4n) is 2.50. The van der Waals surface area contributed by atoms with Crippen molar-refractivity contribution in [2.45, 2.75) is 13.3 Å². The molecule has 0 saturated carbocycles. The van der Waals surface area contributed by atoms with Crippen molar-refractivity contribution in [3.8, 4) is 11.4 Å². The lowest BCUT2D eigenvalue weighted by Crippen LogP contribution is -2.14. The molecule has 2 aromatic carbocycles. The van der Waals surface area contributed by atoms with Gasteiger partial charge in [0.1, 0.15) is 5.75 Å². The van der Waals surface area contributed by atoms with Crippen molar-refractivity contribution in [3.05, 3.63) is 71.0 Å². The summed E-state index contributed by atoms with van der Waals surface area (Å²) in [4.78, 5) is 12.6. The minimum atomic E-state index is -0.318. The smallest absolute Gasteiger partial charge is 0.259 e. The van der Waals surface area contributed by atoms with Crippen LogP contribution in [0.15, 0.2) is 54.7 Å². The summed E-state index contributed by atoms with van der Waals surface area (Å²) in [6, 6.07) is 13.9. The van der Waals surface area contributed by atoms with Gasteiger partial charge in [-0.3, -0.25) is 4.79 Å². The molecule has 24 heavy (non-hydrogen) atoms. The van der Waals surface area contributed by atoms with Crippen LogP contribution >= 0.6 is 11.6 Å². The van der Waals surface area contributed by atoms with Gasteiger partial charge in [0.25, 0.3) is 5.91 Å². The Bertz CT molecular complexity index is 889. The summed E-state index contributed by atoms with van der Waals surface area (Å²) in [5, 5.41) is 17.4. The molecule has 3 aromatic rings. The number of benzene rings is 2. The lowest BCUT2D eigenvalue weighted by molar-refractivity contribution is 0.102. The number of phenolic OH excluding ortho intramolecular Hbond substituents is 1. The Hall–Kier alpha value is -2.79. The van der Waals surface area contributed by atoms with Gasteiger partial charge in [-0.25, -0.2) is 4.68 Å². The van der Waals surface area contributed by atoms with E-state index in [-0.39, 0.29) is 11.7 Å². The first-order chi connectivity index (χ1) is 11.6. The quantitative estimate of drug-likeness (QED) is 0.703. The molecule has 122 valence electrons. The summed E-state index contributed by atoms with van der Waals surface area (Å²) in [6.45, 7) is 1.95. The number of rotatable bonds is 4. The number of carbonyl (C=O) groups is 1. The van der Waals surface area contributed by atoms with E-state index in [4.69, 9.17) is 11.6 Å².